The van der Waals surface area contributed by atoms with Crippen LogP contribution in [0.5, 0.6) is 5.75 Å². The van der Waals surface area contributed by atoms with Crippen LogP contribution in [0, 0.1) is 0 Å². The largest absolute Gasteiger partial charge is 0.495 e. The summed E-state index contributed by atoms with van der Waals surface area (Å²) in [6, 6.07) is 6.46. The molecule has 0 aliphatic heterocycles. The summed E-state index contributed by atoms with van der Waals surface area (Å²) in [6.45, 7) is 0. The first-order valence-corrected chi connectivity index (χ1v) is 9.41. The van der Waals surface area contributed by atoms with Gasteiger partial charge < -0.3 is 10.1 Å². The molecule has 0 saturated carbocycles. The van der Waals surface area contributed by atoms with Crippen molar-refractivity contribution in [3.63, 3.8) is 0 Å². The number of rotatable bonds is 5. The number of nitrogens with two attached hydrogens (primary N) is 1. The summed E-state index contributed by atoms with van der Waals surface area (Å²) < 4.78 is 66.3. The summed E-state index contributed by atoms with van der Waals surface area (Å²) in [5, 5.41) is 7.49. The summed E-state index contributed by atoms with van der Waals surface area (Å²) in [4.78, 5) is 11.7. The molecular weight excluding hydrogens is 421 g/mol. The maximum absolute atomic E-state index is 12.8. The van der Waals surface area contributed by atoms with Crippen LogP contribution in [-0.2, 0) is 21.0 Å². The van der Waals surface area contributed by atoms with Crippen LogP contribution in [-0.4, -0.2) is 21.4 Å². The third kappa shape index (κ3) is 5.47. The molecule has 11 heteroatoms. The summed E-state index contributed by atoms with van der Waals surface area (Å²) in [5.41, 5.74) is -0.828. The molecule has 0 bridgehead atoms. The third-order valence-electron chi connectivity index (χ3n) is 3.48. The number of hydrogen-bond acceptors (Lipinski definition) is 4. The summed E-state index contributed by atoms with van der Waals surface area (Å²) in [6.07, 6.45) is -2.48. The molecule has 0 unspecified atom stereocenters. The molecule has 2 aromatic carbocycles. The van der Waals surface area contributed by atoms with Gasteiger partial charge in [0.1, 0.15) is 10.6 Å². The molecule has 0 aliphatic rings. The first-order chi connectivity index (χ1) is 12.9. The average molecular weight is 435 g/mol. The molecule has 150 valence electrons. The number of carbonyl (C=O) groups is 1. The van der Waals surface area contributed by atoms with E-state index in [0.29, 0.717) is 0 Å². The molecule has 3 N–H and O–H groups in total. The number of ether oxygens (including phenoxy) is 1. The van der Waals surface area contributed by atoms with Gasteiger partial charge in [0.25, 0.3) is 0 Å². The zero-order valence-corrected chi connectivity index (χ0v) is 15.8. The van der Waals surface area contributed by atoms with Gasteiger partial charge in [0.15, 0.2) is 0 Å². The highest BCUT2D eigenvalue weighted by atomic mass is 35.5. The van der Waals surface area contributed by atoms with E-state index in [0.717, 1.165) is 36.4 Å². The molecule has 28 heavy (non-hydrogen) atoms. The summed E-state index contributed by atoms with van der Waals surface area (Å²) in [5.74, 6) is -0.731. The standard InChI is InChI=1S/C17H14ClF3N2O4S/c1-27-14-6-4-12(9-15(14)28(22,25)26)23-16(24)7-2-10-8-11(17(19,20)21)3-5-13(10)18/h2-9H,1H3,(H,23,24)(H2,22,25,26)/b7-2+. The molecule has 1 amide bonds. The number of halogens is 4. The summed E-state index contributed by atoms with van der Waals surface area (Å²) >= 11 is 5.85. The van der Waals surface area contributed by atoms with Crippen molar-refractivity contribution >= 4 is 39.3 Å². The lowest BCUT2D eigenvalue weighted by atomic mass is 10.1. The minimum absolute atomic E-state index is 0.00760. The van der Waals surface area contributed by atoms with Crippen LogP contribution < -0.4 is 15.2 Å². The fourth-order valence-electron chi connectivity index (χ4n) is 2.17. The van der Waals surface area contributed by atoms with Gasteiger partial charge in [0, 0.05) is 16.8 Å². The average Bonchev–Trinajstić information content (AvgIpc) is 2.59. The van der Waals surface area contributed by atoms with E-state index >= 15 is 0 Å². The van der Waals surface area contributed by atoms with Gasteiger partial charge in [-0.05, 0) is 48.0 Å². The molecule has 0 aromatic heterocycles. The van der Waals surface area contributed by atoms with Crippen LogP contribution in [0.15, 0.2) is 47.4 Å². The van der Waals surface area contributed by atoms with E-state index in [1.54, 1.807) is 0 Å². The number of amides is 1. The van der Waals surface area contributed by atoms with Crippen LogP contribution in [0.3, 0.4) is 0 Å². The Hall–Kier alpha value is -2.56. The van der Waals surface area contributed by atoms with E-state index in [2.05, 4.69) is 5.32 Å². The van der Waals surface area contributed by atoms with Crippen molar-refractivity contribution in [3.05, 3.63) is 58.6 Å². The number of nitrogens with one attached hydrogen (secondary N) is 1. The first-order valence-electron chi connectivity index (χ1n) is 7.48. The molecule has 0 spiro atoms. The van der Waals surface area contributed by atoms with E-state index in [1.807, 2.05) is 0 Å². The Kier molecular flexibility index (Phi) is 6.37. The SMILES string of the molecule is COc1ccc(NC(=O)/C=C/c2cc(C(F)(F)F)ccc2Cl)cc1S(N)(=O)=O. The van der Waals surface area contributed by atoms with Crippen molar-refractivity contribution in [2.75, 3.05) is 12.4 Å². The molecule has 0 atom stereocenters. The van der Waals surface area contributed by atoms with E-state index < -0.39 is 27.7 Å². The lowest BCUT2D eigenvalue weighted by molar-refractivity contribution is -0.137. The monoisotopic (exact) mass is 434 g/mol. The van der Waals surface area contributed by atoms with Crippen LogP contribution in [0.4, 0.5) is 18.9 Å². The van der Waals surface area contributed by atoms with E-state index in [-0.39, 0.29) is 26.9 Å². The third-order valence-corrected chi connectivity index (χ3v) is 4.75. The second-order valence-electron chi connectivity index (χ2n) is 5.47. The number of carbonyl (C=O) groups excluding carboxylic acids is 1. The van der Waals surface area contributed by atoms with Crippen molar-refractivity contribution in [2.45, 2.75) is 11.1 Å². The second-order valence-corrected chi connectivity index (χ2v) is 7.40. The Morgan fingerprint density at radius 2 is 1.89 bits per heavy atom. The molecule has 0 heterocycles. The molecule has 2 rings (SSSR count). The lowest BCUT2D eigenvalue weighted by Gasteiger charge is -2.10. The van der Waals surface area contributed by atoms with Crippen molar-refractivity contribution in [3.8, 4) is 5.75 Å². The van der Waals surface area contributed by atoms with Gasteiger partial charge in [-0.3, -0.25) is 4.79 Å². The number of primary sulfonamides is 1. The van der Waals surface area contributed by atoms with Crippen LogP contribution >= 0.6 is 11.6 Å². The van der Waals surface area contributed by atoms with Gasteiger partial charge >= 0.3 is 6.18 Å². The molecule has 2 aromatic rings. The van der Waals surface area contributed by atoms with E-state index in [9.17, 15) is 26.4 Å². The normalized spacial score (nSPS) is 12.2. The van der Waals surface area contributed by atoms with Crippen LogP contribution in [0.2, 0.25) is 5.02 Å². The predicted molar refractivity (Wildman–Crippen MR) is 98.5 cm³/mol. The van der Waals surface area contributed by atoms with Gasteiger partial charge in [-0.2, -0.15) is 13.2 Å². The van der Waals surface area contributed by atoms with Gasteiger partial charge in [-0.25, -0.2) is 13.6 Å². The van der Waals surface area contributed by atoms with E-state index in [4.69, 9.17) is 21.5 Å². The fourth-order valence-corrected chi connectivity index (χ4v) is 3.08. The topological polar surface area (TPSA) is 98.5 Å². The maximum Gasteiger partial charge on any atom is 0.416 e. The highest BCUT2D eigenvalue weighted by molar-refractivity contribution is 7.89. The zero-order valence-electron chi connectivity index (χ0n) is 14.2. The Morgan fingerprint density at radius 3 is 2.46 bits per heavy atom. The highest BCUT2D eigenvalue weighted by Crippen LogP contribution is 2.32. The fraction of sp³-hybridized carbons (Fsp3) is 0.118. The van der Waals surface area contributed by atoms with Gasteiger partial charge in [-0.15, -0.1) is 0 Å². The smallest absolute Gasteiger partial charge is 0.416 e. The van der Waals surface area contributed by atoms with Gasteiger partial charge in [-0.1, -0.05) is 11.6 Å². The van der Waals surface area contributed by atoms with Crippen molar-refractivity contribution < 1.29 is 31.1 Å². The Balaban J connectivity index is 2.23. The van der Waals surface area contributed by atoms with E-state index in [1.165, 1.54) is 19.2 Å². The Labute approximate surface area is 163 Å². The van der Waals surface area contributed by atoms with Crippen molar-refractivity contribution in [1.82, 2.24) is 0 Å². The Bertz CT molecular complexity index is 1040. The van der Waals surface area contributed by atoms with Crippen molar-refractivity contribution in [2.24, 2.45) is 5.14 Å². The number of hydrogen-bond donors (Lipinski definition) is 2. The number of sulfonamides is 1. The minimum atomic E-state index is -4.55. The molecule has 0 saturated heterocycles. The quantitative estimate of drug-likeness (QED) is 0.701. The number of alkyl halides is 3. The number of methoxy groups -OCH3 is 1. The number of benzene rings is 2. The van der Waals surface area contributed by atoms with Gasteiger partial charge in [0.2, 0.25) is 15.9 Å². The first kappa shape index (κ1) is 21.7. The second kappa shape index (κ2) is 8.21. The molecule has 0 aliphatic carbocycles. The summed E-state index contributed by atoms with van der Waals surface area (Å²) in [7, 11) is -2.85. The maximum atomic E-state index is 12.8. The van der Waals surface area contributed by atoms with Crippen molar-refractivity contribution in [1.29, 1.82) is 0 Å². The molecule has 6 nitrogen and oxygen atoms in total. The lowest BCUT2D eigenvalue weighted by Crippen LogP contribution is -2.15. The molecule has 0 radical (unpaired) electrons. The number of anilines is 1. The molecule has 0 fully saturated rings. The predicted octanol–water partition coefficient (Wildman–Crippen LogP) is 3.67. The highest BCUT2D eigenvalue weighted by Gasteiger charge is 2.30. The van der Waals surface area contributed by atoms with Gasteiger partial charge in [0.05, 0.1) is 12.7 Å². The molecular formula is C17H14ClF3N2O4S. The Morgan fingerprint density at radius 1 is 1.21 bits per heavy atom. The van der Waals surface area contributed by atoms with Crippen LogP contribution in [0.25, 0.3) is 6.08 Å². The minimum Gasteiger partial charge on any atom is -0.495 e. The zero-order chi connectivity index (χ0) is 21.1. The van der Waals surface area contributed by atoms with Crippen LogP contribution in [0.1, 0.15) is 11.1 Å².